The van der Waals surface area contributed by atoms with E-state index in [4.69, 9.17) is 9.15 Å². The van der Waals surface area contributed by atoms with Crippen LogP contribution in [0.5, 0.6) is 0 Å². The van der Waals surface area contributed by atoms with E-state index in [9.17, 15) is 24.4 Å². The minimum Gasteiger partial charge on any atom is -0.436 e. The number of nitrogens with one attached hydrogen (secondary N) is 2. The fraction of sp³-hybridized carbons (Fsp3) is 0.684. The first kappa shape index (κ1) is 24.8. The normalized spacial score (nSPS) is 16.0. The Hall–Kier alpha value is -2.44. The van der Waals surface area contributed by atoms with Crippen LogP contribution in [-0.4, -0.2) is 83.1 Å². The molecule has 1 aromatic heterocycles. The molecule has 1 fully saturated rings. The lowest BCUT2D eigenvalue weighted by Crippen LogP contribution is -2.55. The van der Waals surface area contributed by atoms with Gasteiger partial charge in [-0.25, -0.2) is 4.98 Å². The van der Waals surface area contributed by atoms with Gasteiger partial charge in [0.1, 0.15) is 6.04 Å². The van der Waals surface area contributed by atoms with Crippen LogP contribution in [0.15, 0.2) is 4.42 Å². The van der Waals surface area contributed by atoms with Gasteiger partial charge in [0, 0.05) is 20.0 Å². The molecule has 172 valence electrons. The van der Waals surface area contributed by atoms with Gasteiger partial charge in [-0.1, -0.05) is 13.8 Å². The number of aromatic nitrogens is 1. The van der Waals surface area contributed by atoms with Crippen molar-refractivity contribution in [2.75, 3.05) is 26.3 Å². The fourth-order valence-electron chi connectivity index (χ4n) is 3.34. The maximum Gasteiger partial charge on any atom is 0.475 e. The third-order valence-corrected chi connectivity index (χ3v) is 4.89. The Bertz CT molecular complexity index is 777. The van der Waals surface area contributed by atoms with E-state index >= 15 is 0 Å². The summed E-state index contributed by atoms with van der Waals surface area (Å²) in [6.45, 7) is 8.53. The molecule has 11 nitrogen and oxygen atoms in total. The summed E-state index contributed by atoms with van der Waals surface area (Å²) < 4.78 is 10.5. The molecule has 31 heavy (non-hydrogen) atoms. The van der Waals surface area contributed by atoms with E-state index in [0.29, 0.717) is 44.3 Å². The lowest BCUT2D eigenvalue weighted by Gasteiger charge is -2.29. The van der Waals surface area contributed by atoms with Crippen molar-refractivity contribution in [3.63, 3.8) is 0 Å². The lowest BCUT2D eigenvalue weighted by atomic mass is 9.75. The van der Waals surface area contributed by atoms with Gasteiger partial charge in [0.2, 0.25) is 17.6 Å². The summed E-state index contributed by atoms with van der Waals surface area (Å²) >= 11 is 0. The molecule has 3 amide bonds. The third kappa shape index (κ3) is 7.33. The van der Waals surface area contributed by atoms with Crippen LogP contribution in [0.4, 0.5) is 0 Å². The van der Waals surface area contributed by atoms with Crippen LogP contribution in [0.2, 0.25) is 0 Å². The summed E-state index contributed by atoms with van der Waals surface area (Å²) in [6, 6.07) is -1.24. The van der Waals surface area contributed by atoms with Crippen molar-refractivity contribution in [2.24, 2.45) is 5.92 Å². The number of carbonyl (C=O) groups excluding carboxylic acids is 3. The molecular weight excluding hydrogens is 407 g/mol. The van der Waals surface area contributed by atoms with Crippen LogP contribution >= 0.6 is 0 Å². The van der Waals surface area contributed by atoms with E-state index in [2.05, 4.69) is 15.6 Å². The molecule has 0 spiro atoms. The van der Waals surface area contributed by atoms with Crippen LogP contribution in [0.1, 0.15) is 48.8 Å². The minimum atomic E-state index is -1.78. The molecule has 1 aromatic rings. The first-order chi connectivity index (χ1) is 14.6. The Kier molecular flexibility index (Phi) is 9.02. The highest BCUT2D eigenvalue weighted by Gasteiger charge is 2.33. The van der Waals surface area contributed by atoms with Gasteiger partial charge in [0.05, 0.1) is 31.3 Å². The van der Waals surface area contributed by atoms with Crippen molar-refractivity contribution < 1.29 is 33.6 Å². The summed E-state index contributed by atoms with van der Waals surface area (Å²) in [7, 11) is -1.78. The first-order valence-corrected chi connectivity index (χ1v) is 10.4. The van der Waals surface area contributed by atoms with Crippen molar-refractivity contribution in [1.82, 2.24) is 20.5 Å². The van der Waals surface area contributed by atoms with Gasteiger partial charge in [0.25, 0.3) is 5.91 Å². The zero-order valence-electron chi connectivity index (χ0n) is 18.4. The van der Waals surface area contributed by atoms with Crippen LogP contribution in [0.25, 0.3) is 0 Å². The van der Waals surface area contributed by atoms with E-state index in [1.165, 1.54) is 0 Å². The van der Waals surface area contributed by atoms with Gasteiger partial charge in [-0.3, -0.25) is 14.4 Å². The maximum atomic E-state index is 12.9. The minimum absolute atomic E-state index is 0.0463. The highest BCUT2D eigenvalue weighted by atomic mass is 16.5. The molecule has 12 heteroatoms. The van der Waals surface area contributed by atoms with Crippen molar-refractivity contribution in [2.45, 2.75) is 52.5 Å². The number of rotatable bonds is 9. The molecule has 2 rings (SSSR count). The number of carbonyl (C=O) groups is 3. The highest BCUT2D eigenvalue weighted by Crippen LogP contribution is 2.12. The number of oxazole rings is 1. The number of aryl methyl sites for hydroxylation is 2. The summed E-state index contributed by atoms with van der Waals surface area (Å²) in [6.07, 6.45) is 0.0154. The zero-order valence-corrected chi connectivity index (χ0v) is 18.4. The Balaban J connectivity index is 2.17. The summed E-state index contributed by atoms with van der Waals surface area (Å²) in [5.74, 6) is -2.31. The SMILES string of the molecule is Cc1nc(C)c(C(=O)NC(CC(=O)N2CCOCC2)C(=O)N[C@@H](CC(C)C)B(O)O)o1. The number of ether oxygens (including phenoxy) is 1. The van der Waals surface area contributed by atoms with E-state index in [0.717, 1.165) is 0 Å². The second kappa shape index (κ2) is 11.3. The molecular formula is C19H31BN4O7. The Labute approximate surface area is 181 Å². The van der Waals surface area contributed by atoms with Crippen molar-refractivity contribution >= 4 is 24.8 Å². The number of hydrogen-bond donors (Lipinski definition) is 4. The molecule has 2 atom stereocenters. The molecule has 1 saturated heterocycles. The molecule has 0 aromatic carbocycles. The van der Waals surface area contributed by atoms with Gasteiger partial charge in [-0.2, -0.15) is 0 Å². The van der Waals surface area contributed by atoms with Crippen LogP contribution < -0.4 is 10.6 Å². The first-order valence-electron chi connectivity index (χ1n) is 10.4. The lowest BCUT2D eigenvalue weighted by molar-refractivity contribution is -0.138. The summed E-state index contributed by atoms with van der Waals surface area (Å²) in [4.78, 5) is 43.9. The standard InChI is InChI=1S/C19H31BN4O7/c1-11(2)9-15(20(28)29)23-18(26)14(10-16(25)24-5-7-30-8-6-24)22-19(27)17-12(3)21-13(4)31-17/h11,14-15,28-29H,5-10H2,1-4H3,(H,22,27)(H,23,26)/t14?,15-/m0/s1. The van der Waals surface area contributed by atoms with Crippen LogP contribution in [0, 0.1) is 19.8 Å². The molecule has 0 aliphatic carbocycles. The van der Waals surface area contributed by atoms with E-state index in [1.807, 2.05) is 13.8 Å². The summed E-state index contributed by atoms with van der Waals surface area (Å²) in [5, 5.41) is 24.3. The maximum absolute atomic E-state index is 12.9. The predicted octanol–water partition coefficient (Wildman–Crippen LogP) is -0.818. The molecule has 0 radical (unpaired) electrons. The van der Waals surface area contributed by atoms with Crippen LogP contribution in [-0.2, 0) is 14.3 Å². The largest absolute Gasteiger partial charge is 0.475 e. The molecule has 1 unspecified atom stereocenters. The second-order valence-electron chi connectivity index (χ2n) is 8.03. The molecule has 2 heterocycles. The number of nitrogens with zero attached hydrogens (tertiary/aromatic N) is 2. The topological polar surface area (TPSA) is 154 Å². The third-order valence-electron chi connectivity index (χ3n) is 4.89. The smallest absolute Gasteiger partial charge is 0.436 e. The molecule has 4 N–H and O–H groups in total. The van der Waals surface area contributed by atoms with E-state index < -0.39 is 30.9 Å². The van der Waals surface area contributed by atoms with E-state index in [-0.39, 0.29) is 24.0 Å². The Morgan fingerprint density at radius 2 is 1.81 bits per heavy atom. The van der Waals surface area contributed by atoms with Crippen molar-refractivity contribution in [3.8, 4) is 0 Å². The predicted molar refractivity (Wildman–Crippen MR) is 111 cm³/mol. The van der Waals surface area contributed by atoms with E-state index in [1.54, 1.807) is 18.7 Å². The quantitative estimate of drug-likeness (QED) is 0.365. The molecule has 0 bridgehead atoms. The van der Waals surface area contributed by atoms with Crippen molar-refractivity contribution in [1.29, 1.82) is 0 Å². The number of morpholine rings is 1. The Morgan fingerprint density at radius 3 is 2.32 bits per heavy atom. The zero-order chi connectivity index (χ0) is 23.1. The molecule has 1 aliphatic rings. The highest BCUT2D eigenvalue weighted by molar-refractivity contribution is 6.43. The molecule has 0 saturated carbocycles. The average molecular weight is 438 g/mol. The Morgan fingerprint density at radius 1 is 1.16 bits per heavy atom. The van der Waals surface area contributed by atoms with Gasteiger partial charge in [-0.15, -0.1) is 0 Å². The van der Waals surface area contributed by atoms with Crippen LogP contribution in [0.3, 0.4) is 0 Å². The van der Waals surface area contributed by atoms with Gasteiger partial charge in [0.15, 0.2) is 5.89 Å². The monoisotopic (exact) mass is 438 g/mol. The number of hydrogen-bond acceptors (Lipinski definition) is 8. The van der Waals surface area contributed by atoms with Gasteiger partial charge >= 0.3 is 7.12 Å². The molecule has 1 aliphatic heterocycles. The second-order valence-corrected chi connectivity index (χ2v) is 8.03. The number of amides is 3. The van der Waals surface area contributed by atoms with Gasteiger partial charge < -0.3 is 34.7 Å². The average Bonchev–Trinajstić information content (AvgIpc) is 3.05. The van der Waals surface area contributed by atoms with Gasteiger partial charge in [-0.05, 0) is 19.3 Å². The summed E-state index contributed by atoms with van der Waals surface area (Å²) in [5.41, 5.74) is 0.358. The fourth-order valence-corrected chi connectivity index (χ4v) is 3.34. The van der Waals surface area contributed by atoms with Crippen molar-refractivity contribution in [3.05, 3.63) is 17.3 Å².